The summed E-state index contributed by atoms with van der Waals surface area (Å²) in [5.41, 5.74) is 1.64. The van der Waals surface area contributed by atoms with Crippen molar-refractivity contribution in [1.82, 2.24) is 9.13 Å². The summed E-state index contributed by atoms with van der Waals surface area (Å²) < 4.78 is 50.2. The van der Waals surface area contributed by atoms with Crippen molar-refractivity contribution in [2.45, 2.75) is 85.3 Å². The van der Waals surface area contributed by atoms with Gasteiger partial charge in [0.25, 0.3) is 5.56 Å². The molecular weight excluding hydrogens is 625 g/mol. The molecule has 2 heterocycles. The molecule has 0 aromatic carbocycles. The van der Waals surface area contributed by atoms with Crippen molar-refractivity contribution < 1.29 is 61.7 Å². The molecule has 0 saturated carbocycles. The van der Waals surface area contributed by atoms with Crippen LogP contribution in [-0.4, -0.2) is 81.3 Å². The molecule has 4 N–H and O–H groups in total. The molecule has 19 heteroatoms. The molecule has 1 aromatic heterocycles. The molecule has 0 bridgehead atoms. The average molecular weight is 668 g/mol. The first-order valence-corrected chi connectivity index (χ1v) is 15.5. The standard InChI is InChI=1S/C26H42N3O15P/c1-14(2)19(27)23(34)38-11-29-18(30)8-9-28(25(29)35)24-26(7,36)20(31)17(44-24)10-41-45(37,42-12-39-21(32)15(3)4)43-13-40-22(33)16(5)6/h8-9,14-17,19-20,24,31,36H,10-13,27H2,1-7H3/t17-,19?,20-,24-,26-/m1/s1. The Morgan fingerprint density at radius 1 is 0.978 bits per heavy atom. The third-order valence-electron chi connectivity index (χ3n) is 6.59. The smallest absolute Gasteiger partial charge is 0.442 e. The number of aliphatic hydroxyl groups is 2. The number of carbonyl (C=O) groups is 3. The lowest BCUT2D eigenvalue weighted by Gasteiger charge is -2.28. The molecule has 0 spiro atoms. The third kappa shape index (κ3) is 10.0. The van der Waals surface area contributed by atoms with E-state index < -0.39 is 106 Å². The van der Waals surface area contributed by atoms with Gasteiger partial charge in [0.1, 0.15) is 23.9 Å². The molecule has 5 atom stereocenters. The van der Waals surface area contributed by atoms with E-state index in [0.717, 1.165) is 23.8 Å². The van der Waals surface area contributed by atoms with Crippen LogP contribution in [0, 0.1) is 17.8 Å². The van der Waals surface area contributed by atoms with E-state index in [1.54, 1.807) is 41.5 Å². The molecule has 1 unspecified atom stereocenters. The second-order valence-electron chi connectivity index (χ2n) is 11.3. The van der Waals surface area contributed by atoms with Crippen LogP contribution in [0.3, 0.4) is 0 Å². The second-order valence-corrected chi connectivity index (χ2v) is 13.0. The van der Waals surface area contributed by atoms with Crippen LogP contribution >= 0.6 is 7.82 Å². The highest BCUT2D eigenvalue weighted by Gasteiger charge is 2.54. The van der Waals surface area contributed by atoms with Crippen molar-refractivity contribution in [2.75, 3.05) is 20.2 Å². The van der Waals surface area contributed by atoms with E-state index in [1.165, 1.54) is 0 Å². The topological polar surface area (TPSA) is 243 Å². The highest BCUT2D eigenvalue weighted by Crippen LogP contribution is 2.50. The molecule has 18 nitrogen and oxygen atoms in total. The van der Waals surface area contributed by atoms with E-state index in [4.69, 9.17) is 38.3 Å². The van der Waals surface area contributed by atoms with Crippen LogP contribution in [0.1, 0.15) is 54.7 Å². The average Bonchev–Trinajstić information content (AvgIpc) is 3.18. The molecule has 0 amide bonds. The van der Waals surface area contributed by atoms with Crippen LogP contribution in [0.5, 0.6) is 0 Å². The second kappa shape index (κ2) is 16.0. The van der Waals surface area contributed by atoms with Crippen LogP contribution in [0.4, 0.5) is 0 Å². The van der Waals surface area contributed by atoms with Crippen molar-refractivity contribution in [3.63, 3.8) is 0 Å². The minimum Gasteiger partial charge on any atom is -0.442 e. The fraction of sp³-hybridized carbons (Fsp3) is 0.731. The fourth-order valence-corrected chi connectivity index (χ4v) is 4.53. The maximum absolute atomic E-state index is 13.3. The molecule has 1 fully saturated rings. The number of aliphatic hydroxyl groups excluding tert-OH is 1. The Hall–Kier alpha value is -2.96. The van der Waals surface area contributed by atoms with E-state index in [0.29, 0.717) is 4.57 Å². The van der Waals surface area contributed by atoms with E-state index >= 15 is 0 Å². The summed E-state index contributed by atoms with van der Waals surface area (Å²) in [6.45, 7) is 7.38. The predicted octanol–water partition coefficient (Wildman–Crippen LogP) is -0.0254. The summed E-state index contributed by atoms with van der Waals surface area (Å²) in [5.74, 6) is -3.58. The molecule has 45 heavy (non-hydrogen) atoms. The Morgan fingerprint density at radius 3 is 2.00 bits per heavy atom. The largest absolute Gasteiger partial charge is 0.480 e. The minimum absolute atomic E-state index is 0.277. The van der Waals surface area contributed by atoms with Crippen LogP contribution in [0.25, 0.3) is 0 Å². The molecule has 1 saturated heterocycles. The predicted molar refractivity (Wildman–Crippen MR) is 152 cm³/mol. The zero-order chi connectivity index (χ0) is 34.3. The first-order valence-electron chi connectivity index (χ1n) is 14.0. The number of ether oxygens (including phenoxy) is 4. The Morgan fingerprint density at radius 2 is 1.51 bits per heavy atom. The zero-order valence-electron chi connectivity index (χ0n) is 26.1. The van der Waals surface area contributed by atoms with Gasteiger partial charge in [-0.2, -0.15) is 0 Å². The molecular formula is C26H42N3O15P. The molecule has 1 aliphatic rings. The monoisotopic (exact) mass is 667 g/mol. The highest BCUT2D eigenvalue weighted by atomic mass is 31.2. The summed E-state index contributed by atoms with van der Waals surface area (Å²) in [7, 11) is -4.66. The number of phosphoric acid groups is 1. The SMILES string of the molecule is CC(C)C(=O)OCOP(=O)(OCOC(=O)C(C)C)OC[C@H]1O[C@@H](n2ccc(=O)n(COC(=O)C(N)C(C)C)c2=O)[C@](C)(O)[C@@H]1O. The Labute approximate surface area is 258 Å². The number of nitrogens with zero attached hydrogens (tertiary/aromatic N) is 2. The van der Waals surface area contributed by atoms with Crippen LogP contribution in [-0.2, 0) is 58.2 Å². The summed E-state index contributed by atoms with van der Waals surface area (Å²) in [4.78, 5) is 61.2. The molecule has 0 aliphatic carbocycles. The van der Waals surface area contributed by atoms with Gasteiger partial charge in [-0.3, -0.25) is 28.3 Å². The fourth-order valence-electron chi connectivity index (χ4n) is 3.61. The Bertz CT molecular complexity index is 1330. The van der Waals surface area contributed by atoms with Gasteiger partial charge < -0.3 is 34.9 Å². The molecule has 1 aromatic rings. The lowest BCUT2D eigenvalue weighted by molar-refractivity contribution is -0.158. The number of aromatic nitrogens is 2. The number of hydrogen-bond donors (Lipinski definition) is 3. The molecule has 2 rings (SSSR count). The maximum Gasteiger partial charge on any atom is 0.480 e. The molecule has 256 valence electrons. The van der Waals surface area contributed by atoms with Gasteiger partial charge in [-0.1, -0.05) is 41.5 Å². The number of rotatable bonds is 16. The van der Waals surface area contributed by atoms with Gasteiger partial charge in [-0.25, -0.2) is 23.0 Å². The first kappa shape index (κ1) is 38.2. The zero-order valence-corrected chi connectivity index (χ0v) is 27.0. The highest BCUT2D eigenvalue weighted by molar-refractivity contribution is 7.48. The van der Waals surface area contributed by atoms with Crippen molar-refractivity contribution in [3.05, 3.63) is 33.1 Å². The van der Waals surface area contributed by atoms with Gasteiger partial charge in [0.05, 0.1) is 18.4 Å². The number of hydrogen-bond acceptors (Lipinski definition) is 16. The van der Waals surface area contributed by atoms with Crippen molar-refractivity contribution in [2.24, 2.45) is 23.5 Å². The Balaban J connectivity index is 2.23. The van der Waals surface area contributed by atoms with Gasteiger partial charge in [0, 0.05) is 12.3 Å². The number of nitrogens with two attached hydrogens (primary N) is 1. The Kier molecular flexibility index (Phi) is 13.6. The summed E-state index contributed by atoms with van der Waals surface area (Å²) in [6, 6.07) is -0.0602. The van der Waals surface area contributed by atoms with Gasteiger partial charge >= 0.3 is 31.4 Å². The minimum atomic E-state index is -4.66. The van der Waals surface area contributed by atoms with E-state index in [2.05, 4.69) is 0 Å². The summed E-state index contributed by atoms with van der Waals surface area (Å²) >= 11 is 0. The summed E-state index contributed by atoms with van der Waals surface area (Å²) in [5, 5.41) is 21.9. The van der Waals surface area contributed by atoms with Crippen molar-refractivity contribution >= 4 is 25.7 Å². The van der Waals surface area contributed by atoms with E-state index in [-0.39, 0.29) is 5.92 Å². The van der Waals surface area contributed by atoms with Crippen LogP contribution in [0.15, 0.2) is 21.9 Å². The quantitative estimate of drug-likeness (QED) is 0.0907. The molecule has 0 radical (unpaired) electrons. The van der Waals surface area contributed by atoms with E-state index in [9.17, 15) is 38.8 Å². The lowest BCUT2D eigenvalue weighted by atomic mass is 9.96. The van der Waals surface area contributed by atoms with Gasteiger partial charge in [0.2, 0.25) is 13.6 Å². The van der Waals surface area contributed by atoms with Crippen molar-refractivity contribution in [1.29, 1.82) is 0 Å². The molecule has 1 aliphatic heterocycles. The van der Waals surface area contributed by atoms with Crippen LogP contribution < -0.4 is 17.0 Å². The van der Waals surface area contributed by atoms with Gasteiger partial charge in [-0.15, -0.1) is 0 Å². The van der Waals surface area contributed by atoms with Gasteiger partial charge in [0.15, 0.2) is 13.0 Å². The maximum atomic E-state index is 13.3. The van der Waals surface area contributed by atoms with Gasteiger partial charge in [-0.05, 0) is 12.8 Å². The number of esters is 3. The lowest BCUT2D eigenvalue weighted by Crippen LogP contribution is -2.49. The summed E-state index contributed by atoms with van der Waals surface area (Å²) in [6.07, 6.45) is -3.88. The number of phosphoric ester groups is 1. The first-order chi connectivity index (χ1) is 20.8. The number of carbonyl (C=O) groups excluding carboxylic acids is 3. The van der Waals surface area contributed by atoms with Crippen molar-refractivity contribution in [3.8, 4) is 0 Å². The normalized spacial score (nSPS) is 22.6. The van der Waals surface area contributed by atoms with E-state index in [1.807, 2.05) is 0 Å². The third-order valence-corrected chi connectivity index (χ3v) is 7.90. The van der Waals surface area contributed by atoms with Crippen LogP contribution in [0.2, 0.25) is 0 Å².